The maximum atomic E-state index is 14.1. The molecule has 1 N–H and O–H groups in total. The lowest BCUT2D eigenvalue weighted by atomic mass is 10.0. The molecule has 0 bridgehead atoms. The zero-order valence-electron chi connectivity index (χ0n) is 22.3. The molecule has 3 aliphatic rings. The Morgan fingerprint density at radius 3 is 2.74 bits per heavy atom. The van der Waals surface area contributed by atoms with Gasteiger partial charge in [-0.05, 0) is 45.0 Å². The van der Waals surface area contributed by atoms with Gasteiger partial charge in [0.15, 0.2) is 0 Å². The molecule has 3 aliphatic heterocycles. The molecule has 2 fully saturated rings. The highest BCUT2D eigenvalue weighted by Gasteiger charge is 2.39. The molecule has 12 heteroatoms. The summed E-state index contributed by atoms with van der Waals surface area (Å²) in [4.78, 5) is 15.6. The average Bonchev–Trinajstić information content (AvgIpc) is 3.34. The Kier molecular flexibility index (Phi) is 8.00. The molecule has 4 heterocycles. The molecule has 0 unspecified atom stereocenters. The maximum absolute atomic E-state index is 14.1. The molecule has 2 saturated heterocycles. The lowest BCUT2D eigenvalue weighted by Gasteiger charge is -2.37. The van der Waals surface area contributed by atoms with Crippen LogP contribution < -0.4 is 24.6 Å². The van der Waals surface area contributed by atoms with E-state index in [-0.39, 0.29) is 36.1 Å². The van der Waals surface area contributed by atoms with Crippen LogP contribution in [0.4, 0.5) is 24.7 Å². The summed E-state index contributed by atoms with van der Waals surface area (Å²) >= 11 is 0. The van der Waals surface area contributed by atoms with Crippen molar-refractivity contribution >= 4 is 11.5 Å². The molecular formula is C27H34F3N7O2. The molecule has 2 atom stereocenters. The van der Waals surface area contributed by atoms with Crippen LogP contribution in [-0.2, 0) is 19.1 Å². The molecule has 0 spiro atoms. The van der Waals surface area contributed by atoms with E-state index in [9.17, 15) is 18.4 Å². The minimum atomic E-state index is -4.57. The number of ether oxygens (including phenoxy) is 2. The van der Waals surface area contributed by atoms with Gasteiger partial charge in [0.1, 0.15) is 23.7 Å². The average molecular weight is 546 g/mol. The first-order chi connectivity index (χ1) is 18.8. The van der Waals surface area contributed by atoms with E-state index < -0.39 is 11.7 Å². The van der Waals surface area contributed by atoms with Crippen molar-refractivity contribution in [3.05, 3.63) is 35.0 Å². The third-order valence-corrected chi connectivity index (χ3v) is 7.84. The second-order valence-corrected chi connectivity index (χ2v) is 10.3. The van der Waals surface area contributed by atoms with Gasteiger partial charge in [-0.15, -0.1) is 0 Å². The minimum absolute atomic E-state index is 0.0112. The number of fused-ring (bicyclic) bond motifs is 1. The Balaban J connectivity index is 1.48. The van der Waals surface area contributed by atoms with E-state index >= 15 is 0 Å². The fraction of sp³-hybridized carbons (Fsp3) is 0.593. The number of nitrogens with one attached hydrogen (secondary N) is 1. The number of rotatable bonds is 7. The lowest BCUT2D eigenvalue weighted by Crippen LogP contribution is -2.51. The number of methoxy groups -OCH3 is 1. The number of alkyl halides is 3. The molecule has 210 valence electrons. The number of anilines is 2. The summed E-state index contributed by atoms with van der Waals surface area (Å²) in [5.41, 5.74) is 0.865. The molecule has 39 heavy (non-hydrogen) atoms. The van der Waals surface area contributed by atoms with Crippen molar-refractivity contribution in [1.29, 1.82) is 5.26 Å². The van der Waals surface area contributed by atoms with Gasteiger partial charge in [0.05, 0.1) is 37.5 Å². The molecular weight excluding hydrogens is 511 g/mol. The van der Waals surface area contributed by atoms with Crippen molar-refractivity contribution in [2.45, 2.75) is 50.5 Å². The Morgan fingerprint density at radius 1 is 1.18 bits per heavy atom. The van der Waals surface area contributed by atoms with E-state index in [4.69, 9.17) is 19.4 Å². The molecule has 0 saturated carbocycles. The number of likely N-dealkylation sites (tertiary alicyclic amines) is 1. The van der Waals surface area contributed by atoms with E-state index in [1.54, 1.807) is 11.0 Å². The summed E-state index contributed by atoms with van der Waals surface area (Å²) < 4.78 is 53.5. The third kappa shape index (κ3) is 5.84. The highest BCUT2D eigenvalue weighted by atomic mass is 19.4. The molecule has 1 aromatic heterocycles. The number of likely N-dealkylation sites (N-methyl/N-ethyl adjacent to an activating group) is 1. The van der Waals surface area contributed by atoms with Crippen molar-refractivity contribution in [1.82, 2.24) is 20.2 Å². The van der Waals surface area contributed by atoms with E-state index in [0.29, 0.717) is 51.3 Å². The van der Waals surface area contributed by atoms with Crippen molar-refractivity contribution < 1.29 is 22.6 Å². The number of benzene rings is 1. The lowest BCUT2D eigenvalue weighted by molar-refractivity contribution is -0.138. The van der Waals surface area contributed by atoms with Crippen LogP contribution in [0.15, 0.2) is 18.2 Å². The van der Waals surface area contributed by atoms with Gasteiger partial charge in [-0.1, -0.05) is 6.07 Å². The normalized spacial score (nSPS) is 21.9. The van der Waals surface area contributed by atoms with Crippen molar-refractivity contribution in [3.8, 4) is 17.8 Å². The zero-order valence-corrected chi connectivity index (χ0v) is 22.3. The van der Waals surface area contributed by atoms with Crippen LogP contribution in [-0.4, -0.2) is 80.4 Å². The Labute approximate surface area is 226 Å². The summed E-state index contributed by atoms with van der Waals surface area (Å²) in [6.07, 6.45) is -1.56. The first-order valence-electron chi connectivity index (χ1n) is 13.4. The maximum Gasteiger partial charge on any atom is 0.421 e. The van der Waals surface area contributed by atoms with Crippen LogP contribution in [0, 0.1) is 11.3 Å². The molecule has 0 radical (unpaired) electrons. The number of nitrogens with zero attached hydrogens (tertiary/aromatic N) is 6. The van der Waals surface area contributed by atoms with Crippen molar-refractivity contribution in [3.63, 3.8) is 0 Å². The third-order valence-electron chi connectivity index (χ3n) is 7.84. The Morgan fingerprint density at radius 2 is 2.03 bits per heavy atom. The number of aromatic nitrogens is 2. The van der Waals surface area contributed by atoms with E-state index in [2.05, 4.69) is 28.2 Å². The fourth-order valence-corrected chi connectivity index (χ4v) is 5.78. The zero-order chi connectivity index (χ0) is 27.6. The van der Waals surface area contributed by atoms with Gasteiger partial charge >= 0.3 is 12.2 Å². The van der Waals surface area contributed by atoms with Crippen molar-refractivity contribution in [2.75, 3.05) is 63.3 Å². The van der Waals surface area contributed by atoms with Crippen LogP contribution in [0.3, 0.4) is 0 Å². The van der Waals surface area contributed by atoms with Gasteiger partial charge in [0.2, 0.25) is 0 Å². The number of hydrogen-bond acceptors (Lipinski definition) is 9. The van der Waals surface area contributed by atoms with Crippen LogP contribution >= 0.6 is 0 Å². The SMILES string of the molecule is COc1cccc(N2CCc3c(nc(OC[C@@H]4CCCN4C)nc3N3CCN[C@@H](CC#N)C3)C2)c1C(F)(F)F. The minimum Gasteiger partial charge on any atom is -0.496 e. The van der Waals surface area contributed by atoms with Gasteiger partial charge in [-0.25, -0.2) is 0 Å². The monoisotopic (exact) mass is 545 g/mol. The van der Waals surface area contributed by atoms with Gasteiger partial charge in [0, 0.05) is 43.8 Å². The number of halogens is 3. The summed E-state index contributed by atoms with van der Waals surface area (Å²) in [6.45, 7) is 4.05. The first-order valence-corrected chi connectivity index (χ1v) is 13.4. The molecule has 0 amide bonds. The van der Waals surface area contributed by atoms with Crippen LogP contribution in [0.5, 0.6) is 11.8 Å². The van der Waals surface area contributed by atoms with Crippen LogP contribution in [0.2, 0.25) is 0 Å². The van der Waals surface area contributed by atoms with E-state index in [1.165, 1.54) is 19.2 Å². The predicted octanol–water partition coefficient (Wildman–Crippen LogP) is 3.23. The quantitative estimate of drug-likeness (QED) is 0.563. The standard InChI is InChI=1S/C27H34F3N7O2/c1-35-12-4-5-19(35)17-39-26-33-21-16-36(22-6-3-7-23(38-2)24(22)27(28,29)30)13-9-20(21)25(34-26)37-14-11-32-18(15-37)8-10-31/h3,6-7,18-19,32H,4-5,8-9,11-17H2,1-2H3/t18-,19-/m0/s1. The molecule has 0 aliphatic carbocycles. The van der Waals surface area contributed by atoms with Gasteiger partial charge in [-0.2, -0.15) is 28.4 Å². The van der Waals surface area contributed by atoms with Crippen LogP contribution in [0.1, 0.15) is 36.1 Å². The van der Waals surface area contributed by atoms with Crippen molar-refractivity contribution in [2.24, 2.45) is 0 Å². The fourth-order valence-electron chi connectivity index (χ4n) is 5.78. The summed E-state index contributed by atoms with van der Waals surface area (Å²) in [5, 5.41) is 12.6. The molecule has 5 rings (SSSR count). The predicted molar refractivity (Wildman–Crippen MR) is 140 cm³/mol. The molecule has 9 nitrogen and oxygen atoms in total. The van der Waals surface area contributed by atoms with Gasteiger partial charge in [0.25, 0.3) is 0 Å². The Hall–Kier alpha value is -3.30. The highest BCUT2D eigenvalue weighted by Crippen LogP contribution is 2.44. The largest absolute Gasteiger partial charge is 0.496 e. The molecule has 1 aromatic carbocycles. The van der Waals surface area contributed by atoms with Crippen LogP contribution in [0.25, 0.3) is 0 Å². The number of piperazine rings is 1. The topological polar surface area (TPSA) is 89.8 Å². The highest BCUT2D eigenvalue weighted by molar-refractivity contribution is 5.63. The van der Waals surface area contributed by atoms with Gasteiger partial charge in [-0.3, -0.25) is 0 Å². The Bertz CT molecular complexity index is 1220. The summed E-state index contributed by atoms with van der Waals surface area (Å²) in [7, 11) is 3.32. The second-order valence-electron chi connectivity index (χ2n) is 10.3. The number of nitriles is 1. The summed E-state index contributed by atoms with van der Waals surface area (Å²) in [5.74, 6) is 0.545. The molecule has 2 aromatic rings. The smallest absolute Gasteiger partial charge is 0.421 e. The first kappa shape index (κ1) is 27.3. The second kappa shape index (κ2) is 11.4. The van der Waals surface area contributed by atoms with E-state index in [1.807, 2.05) is 0 Å². The van der Waals surface area contributed by atoms with E-state index in [0.717, 1.165) is 30.8 Å². The summed E-state index contributed by atoms with van der Waals surface area (Å²) in [6, 6.07) is 7.14. The number of hydrogen-bond donors (Lipinski definition) is 1. The van der Waals surface area contributed by atoms with Gasteiger partial charge < -0.3 is 29.5 Å².